The minimum atomic E-state index is -1.04. The van der Waals surface area contributed by atoms with Crippen molar-refractivity contribution in [1.82, 2.24) is 14.9 Å². The van der Waals surface area contributed by atoms with Gasteiger partial charge in [-0.05, 0) is 31.8 Å². The molecule has 4 heterocycles. The van der Waals surface area contributed by atoms with Crippen LogP contribution in [0.1, 0.15) is 23.3 Å². The van der Waals surface area contributed by atoms with Crippen LogP contribution in [0, 0.1) is 5.92 Å². The second-order valence-electron chi connectivity index (χ2n) is 4.98. The highest BCUT2D eigenvalue weighted by molar-refractivity contribution is 5.85. The number of carboxylic acid groups (broad SMARTS) is 1. The Balaban J connectivity index is 1.72. The minimum Gasteiger partial charge on any atom is -0.476 e. The molecule has 2 N–H and O–H groups in total. The number of rotatable bonds is 3. The van der Waals surface area contributed by atoms with Crippen LogP contribution in [-0.2, 0) is 0 Å². The van der Waals surface area contributed by atoms with Gasteiger partial charge in [0.05, 0.1) is 12.4 Å². The predicted octanol–water partition coefficient (Wildman–Crippen LogP) is 0.681. The van der Waals surface area contributed by atoms with E-state index in [0.717, 1.165) is 6.54 Å². The van der Waals surface area contributed by atoms with Crippen molar-refractivity contribution in [2.24, 2.45) is 5.92 Å². The van der Waals surface area contributed by atoms with E-state index in [2.05, 4.69) is 20.2 Å². The standard InChI is InChI=1S/C12H16N4O2/c17-12(18)9-5-13-6-11(14-9)15-10-7-16-3-1-8(10)2-4-16/h5-6,8,10H,1-4,7H2,(H,14,15)(H,17,18). The molecule has 96 valence electrons. The Morgan fingerprint density at radius 3 is 2.78 bits per heavy atom. The first-order valence-corrected chi connectivity index (χ1v) is 6.26. The fourth-order valence-corrected chi connectivity index (χ4v) is 2.86. The molecule has 3 fully saturated rings. The molecule has 18 heavy (non-hydrogen) atoms. The molecule has 0 amide bonds. The third-order valence-electron chi connectivity index (χ3n) is 3.84. The topological polar surface area (TPSA) is 78.3 Å². The molecule has 1 atom stereocenters. The first-order chi connectivity index (χ1) is 8.72. The highest BCUT2D eigenvalue weighted by atomic mass is 16.4. The summed E-state index contributed by atoms with van der Waals surface area (Å²) in [7, 11) is 0. The van der Waals surface area contributed by atoms with Gasteiger partial charge in [0.15, 0.2) is 5.69 Å². The molecule has 6 heteroatoms. The number of nitrogens with zero attached hydrogens (tertiary/aromatic N) is 3. The molecule has 4 rings (SSSR count). The Morgan fingerprint density at radius 1 is 1.39 bits per heavy atom. The van der Waals surface area contributed by atoms with Gasteiger partial charge in [0.25, 0.3) is 0 Å². The van der Waals surface area contributed by atoms with Gasteiger partial charge in [-0.25, -0.2) is 9.78 Å². The number of aromatic nitrogens is 2. The lowest BCUT2D eigenvalue weighted by Crippen LogP contribution is -2.53. The van der Waals surface area contributed by atoms with Gasteiger partial charge in [0.1, 0.15) is 5.82 Å². The van der Waals surface area contributed by atoms with Gasteiger partial charge in [0.2, 0.25) is 0 Å². The van der Waals surface area contributed by atoms with Crippen molar-refractivity contribution in [1.29, 1.82) is 0 Å². The summed E-state index contributed by atoms with van der Waals surface area (Å²) >= 11 is 0. The molecule has 1 unspecified atom stereocenters. The zero-order valence-corrected chi connectivity index (χ0v) is 10.0. The SMILES string of the molecule is O=C(O)c1cncc(NC2CN3CCC2CC3)n1. The number of hydrogen-bond donors (Lipinski definition) is 2. The maximum atomic E-state index is 10.8. The highest BCUT2D eigenvalue weighted by Gasteiger charge is 2.34. The maximum Gasteiger partial charge on any atom is 0.356 e. The lowest BCUT2D eigenvalue weighted by Gasteiger charge is -2.45. The fraction of sp³-hybridized carbons (Fsp3) is 0.583. The van der Waals surface area contributed by atoms with Gasteiger partial charge in [0, 0.05) is 12.6 Å². The second kappa shape index (κ2) is 4.53. The van der Waals surface area contributed by atoms with E-state index in [1.165, 1.54) is 32.1 Å². The van der Waals surface area contributed by atoms with E-state index in [1.807, 2.05) is 0 Å². The summed E-state index contributed by atoms with van der Waals surface area (Å²) in [4.78, 5) is 21.2. The number of nitrogens with one attached hydrogen (secondary N) is 1. The zero-order valence-electron chi connectivity index (χ0n) is 10.0. The number of hydrogen-bond acceptors (Lipinski definition) is 5. The van der Waals surface area contributed by atoms with Crippen molar-refractivity contribution in [2.75, 3.05) is 25.0 Å². The molecule has 2 bridgehead atoms. The fourth-order valence-electron chi connectivity index (χ4n) is 2.86. The van der Waals surface area contributed by atoms with E-state index in [0.29, 0.717) is 17.8 Å². The smallest absolute Gasteiger partial charge is 0.356 e. The summed E-state index contributed by atoms with van der Waals surface area (Å²) in [5.41, 5.74) is -0.0127. The number of carboxylic acids is 1. The van der Waals surface area contributed by atoms with Gasteiger partial charge in [-0.1, -0.05) is 0 Å². The average Bonchev–Trinajstić information content (AvgIpc) is 2.40. The van der Waals surface area contributed by atoms with E-state index in [-0.39, 0.29) is 5.69 Å². The molecule has 0 aliphatic carbocycles. The third kappa shape index (κ3) is 2.15. The summed E-state index contributed by atoms with van der Waals surface area (Å²) in [5, 5.41) is 12.2. The molecule has 0 aromatic carbocycles. The number of anilines is 1. The Labute approximate surface area is 105 Å². The van der Waals surface area contributed by atoms with Gasteiger partial charge in [-0.3, -0.25) is 4.98 Å². The van der Waals surface area contributed by atoms with Crippen LogP contribution in [0.5, 0.6) is 0 Å². The molecular formula is C12H16N4O2. The van der Waals surface area contributed by atoms with Crippen molar-refractivity contribution >= 4 is 11.8 Å². The average molecular weight is 248 g/mol. The van der Waals surface area contributed by atoms with Crippen molar-refractivity contribution in [3.8, 4) is 0 Å². The van der Waals surface area contributed by atoms with Crippen LogP contribution in [0.2, 0.25) is 0 Å². The lowest BCUT2D eigenvalue weighted by molar-refractivity contribution is 0.0690. The molecule has 1 aromatic heterocycles. The Kier molecular flexibility index (Phi) is 2.87. The summed E-state index contributed by atoms with van der Waals surface area (Å²) in [5.74, 6) is 0.194. The minimum absolute atomic E-state index is 0.0127. The van der Waals surface area contributed by atoms with Crippen molar-refractivity contribution in [2.45, 2.75) is 18.9 Å². The van der Waals surface area contributed by atoms with Crippen molar-refractivity contribution < 1.29 is 9.90 Å². The van der Waals surface area contributed by atoms with E-state index >= 15 is 0 Å². The molecule has 3 aliphatic rings. The second-order valence-corrected chi connectivity index (χ2v) is 4.98. The molecular weight excluding hydrogens is 232 g/mol. The van der Waals surface area contributed by atoms with Crippen molar-refractivity contribution in [3.63, 3.8) is 0 Å². The normalized spacial score (nSPS) is 30.1. The molecule has 3 aliphatic heterocycles. The maximum absolute atomic E-state index is 10.8. The number of aromatic carboxylic acids is 1. The quantitative estimate of drug-likeness (QED) is 0.819. The van der Waals surface area contributed by atoms with Gasteiger partial charge in [-0.2, -0.15) is 0 Å². The highest BCUT2D eigenvalue weighted by Crippen LogP contribution is 2.29. The summed E-state index contributed by atoms with van der Waals surface area (Å²) in [6.07, 6.45) is 5.28. The van der Waals surface area contributed by atoms with Crippen LogP contribution in [-0.4, -0.2) is 51.6 Å². The van der Waals surface area contributed by atoms with E-state index in [4.69, 9.17) is 5.11 Å². The third-order valence-corrected chi connectivity index (χ3v) is 3.84. The number of fused-ring (bicyclic) bond motifs is 3. The van der Waals surface area contributed by atoms with E-state index < -0.39 is 5.97 Å². The van der Waals surface area contributed by atoms with E-state index in [9.17, 15) is 4.79 Å². The van der Waals surface area contributed by atoms with Crippen LogP contribution in [0.3, 0.4) is 0 Å². The molecule has 0 saturated carbocycles. The van der Waals surface area contributed by atoms with Crippen LogP contribution < -0.4 is 5.32 Å². The molecule has 3 saturated heterocycles. The molecule has 1 aromatic rings. The molecule has 6 nitrogen and oxygen atoms in total. The predicted molar refractivity (Wildman–Crippen MR) is 65.6 cm³/mol. The number of piperidine rings is 3. The van der Waals surface area contributed by atoms with Crippen molar-refractivity contribution in [3.05, 3.63) is 18.1 Å². The summed E-state index contributed by atoms with van der Waals surface area (Å²) in [6.45, 7) is 3.39. The van der Waals surface area contributed by atoms with Crippen LogP contribution in [0.4, 0.5) is 5.82 Å². The summed E-state index contributed by atoms with van der Waals surface area (Å²) in [6, 6.07) is 0.367. The Hall–Kier alpha value is -1.69. The summed E-state index contributed by atoms with van der Waals surface area (Å²) < 4.78 is 0. The monoisotopic (exact) mass is 248 g/mol. The van der Waals surface area contributed by atoms with Crippen LogP contribution in [0.15, 0.2) is 12.4 Å². The first kappa shape index (κ1) is 11.4. The molecule has 0 spiro atoms. The Bertz CT molecular complexity index is 457. The van der Waals surface area contributed by atoms with Gasteiger partial charge in [-0.15, -0.1) is 0 Å². The first-order valence-electron chi connectivity index (χ1n) is 6.26. The van der Waals surface area contributed by atoms with Gasteiger partial charge < -0.3 is 15.3 Å². The van der Waals surface area contributed by atoms with E-state index in [1.54, 1.807) is 6.20 Å². The van der Waals surface area contributed by atoms with Gasteiger partial charge >= 0.3 is 5.97 Å². The largest absolute Gasteiger partial charge is 0.476 e. The Morgan fingerprint density at radius 2 is 2.17 bits per heavy atom. The van der Waals surface area contributed by atoms with Crippen LogP contribution in [0.25, 0.3) is 0 Å². The zero-order chi connectivity index (χ0) is 12.5. The number of carbonyl (C=O) groups is 1. The molecule has 0 radical (unpaired) electrons. The lowest BCUT2D eigenvalue weighted by atomic mass is 9.84. The van der Waals surface area contributed by atoms with Crippen LogP contribution >= 0.6 is 0 Å².